The summed E-state index contributed by atoms with van der Waals surface area (Å²) in [6.45, 7) is 0.349. The number of benzene rings is 2. The van der Waals surface area contributed by atoms with E-state index in [1.807, 2.05) is 30.5 Å². The molecule has 7 heteroatoms. The average Bonchev–Trinajstić information content (AvgIpc) is 3.02. The van der Waals surface area contributed by atoms with E-state index in [0.29, 0.717) is 13.0 Å². The van der Waals surface area contributed by atoms with Gasteiger partial charge in [-0.1, -0.05) is 24.3 Å². The van der Waals surface area contributed by atoms with Crippen LogP contribution in [0.4, 0.5) is 14.5 Å². The zero-order valence-electron chi connectivity index (χ0n) is 13.8. The lowest BCUT2D eigenvalue weighted by atomic mass is 10.1. The molecular formula is C19H17F2N3O2. The van der Waals surface area contributed by atoms with Crippen LogP contribution in [0, 0.1) is 11.6 Å². The van der Waals surface area contributed by atoms with Gasteiger partial charge in [-0.15, -0.1) is 0 Å². The lowest BCUT2D eigenvalue weighted by Gasteiger charge is -2.08. The third kappa shape index (κ3) is 4.05. The Morgan fingerprint density at radius 2 is 1.69 bits per heavy atom. The zero-order valence-corrected chi connectivity index (χ0v) is 13.8. The maximum absolute atomic E-state index is 13.5. The minimum atomic E-state index is -0.891. The largest absolute Gasteiger partial charge is 0.361 e. The van der Waals surface area contributed by atoms with Crippen molar-refractivity contribution < 1.29 is 18.4 Å². The van der Waals surface area contributed by atoms with Crippen LogP contribution in [0.25, 0.3) is 10.9 Å². The highest BCUT2D eigenvalue weighted by Crippen LogP contribution is 2.18. The summed E-state index contributed by atoms with van der Waals surface area (Å²) in [6, 6.07) is 11.1. The van der Waals surface area contributed by atoms with Crippen LogP contribution in [0.5, 0.6) is 0 Å². The van der Waals surface area contributed by atoms with Crippen molar-refractivity contribution in [2.75, 3.05) is 11.9 Å². The first-order chi connectivity index (χ1) is 12.5. The smallest absolute Gasteiger partial charge is 0.233 e. The van der Waals surface area contributed by atoms with Crippen molar-refractivity contribution in [3.63, 3.8) is 0 Å². The van der Waals surface area contributed by atoms with Crippen molar-refractivity contribution in [3.05, 3.63) is 65.9 Å². The second kappa shape index (κ2) is 7.77. The first-order valence-corrected chi connectivity index (χ1v) is 8.10. The number of fused-ring (bicyclic) bond motifs is 1. The molecule has 26 heavy (non-hydrogen) atoms. The minimum absolute atomic E-state index is 0.349. The lowest BCUT2D eigenvalue weighted by molar-refractivity contribution is -0.126. The second-order valence-corrected chi connectivity index (χ2v) is 5.78. The van der Waals surface area contributed by atoms with Crippen molar-refractivity contribution in [1.29, 1.82) is 0 Å². The van der Waals surface area contributed by atoms with Gasteiger partial charge in [0, 0.05) is 23.6 Å². The summed E-state index contributed by atoms with van der Waals surface area (Å²) in [7, 11) is 0. The Hall–Kier alpha value is -3.22. The fourth-order valence-electron chi connectivity index (χ4n) is 2.68. The molecule has 0 radical (unpaired) electrons. The molecule has 1 aromatic heterocycles. The first kappa shape index (κ1) is 17.6. The predicted molar refractivity (Wildman–Crippen MR) is 94.6 cm³/mol. The summed E-state index contributed by atoms with van der Waals surface area (Å²) >= 11 is 0. The van der Waals surface area contributed by atoms with Crippen molar-refractivity contribution in [2.45, 2.75) is 12.8 Å². The van der Waals surface area contributed by atoms with Crippen LogP contribution in [-0.4, -0.2) is 23.3 Å². The average molecular weight is 357 g/mol. The first-order valence-electron chi connectivity index (χ1n) is 8.10. The van der Waals surface area contributed by atoms with Crippen molar-refractivity contribution in [1.82, 2.24) is 10.3 Å². The van der Waals surface area contributed by atoms with Gasteiger partial charge in [0.1, 0.15) is 23.7 Å². The third-order valence-corrected chi connectivity index (χ3v) is 3.94. The van der Waals surface area contributed by atoms with E-state index in [4.69, 9.17) is 0 Å². The molecule has 1 heterocycles. The molecule has 0 spiro atoms. The highest BCUT2D eigenvalue weighted by molar-refractivity contribution is 6.03. The number of carbonyl (C=O) groups is 2. The van der Waals surface area contributed by atoms with E-state index in [1.165, 1.54) is 6.07 Å². The lowest BCUT2D eigenvalue weighted by Crippen LogP contribution is -2.30. The number of halogens is 2. The number of carbonyl (C=O) groups excluding carboxylic acids is 2. The number of H-pyrrole nitrogens is 1. The van der Waals surface area contributed by atoms with Gasteiger partial charge in [0.2, 0.25) is 11.8 Å². The zero-order chi connectivity index (χ0) is 18.5. The molecule has 0 aliphatic carbocycles. The number of anilines is 1. The fourth-order valence-corrected chi connectivity index (χ4v) is 2.68. The monoisotopic (exact) mass is 357 g/mol. The number of hydrogen-bond donors (Lipinski definition) is 3. The van der Waals surface area contributed by atoms with E-state index in [1.54, 1.807) is 0 Å². The number of aromatic nitrogens is 1. The molecule has 0 saturated heterocycles. The molecule has 0 bridgehead atoms. The van der Waals surface area contributed by atoms with Crippen LogP contribution in [0.15, 0.2) is 48.7 Å². The quantitative estimate of drug-likeness (QED) is 0.593. The standard InChI is InChI=1S/C19H17F2N3O2/c20-14-5-3-6-15(21)19(14)24-18(26)10-17(25)22-9-8-12-11-23-16-7-2-1-4-13(12)16/h1-7,11,23H,8-10H2,(H,22,25)(H,24,26). The van der Waals surface area contributed by atoms with E-state index in [2.05, 4.69) is 15.6 Å². The summed E-state index contributed by atoms with van der Waals surface area (Å²) < 4.78 is 27.0. The Kier molecular flexibility index (Phi) is 5.26. The van der Waals surface area contributed by atoms with Gasteiger partial charge in [-0.05, 0) is 30.2 Å². The summed E-state index contributed by atoms with van der Waals surface area (Å²) in [6.07, 6.45) is 1.96. The molecule has 134 valence electrons. The maximum atomic E-state index is 13.5. The Balaban J connectivity index is 1.49. The molecule has 0 atom stereocenters. The number of amides is 2. The maximum Gasteiger partial charge on any atom is 0.233 e. The molecule has 5 nitrogen and oxygen atoms in total. The van der Waals surface area contributed by atoms with Gasteiger partial charge in [-0.3, -0.25) is 9.59 Å². The molecule has 0 aliphatic heterocycles. The van der Waals surface area contributed by atoms with Crippen LogP contribution in [0.3, 0.4) is 0 Å². The van der Waals surface area contributed by atoms with E-state index in [9.17, 15) is 18.4 Å². The number of hydrogen-bond acceptors (Lipinski definition) is 2. The summed E-state index contributed by atoms with van der Waals surface area (Å²) in [4.78, 5) is 26.8. The van der Waals surface area contributed by atoms with Gasteiger partial charge >= 0.3 is 0 Å². The SMILES string of the molecule is O=C(CC(=O)Nc1c(F)cccc1F)NCCc1c[nH]c2ccccc12. The van der Waals surface area contributed by atoms with Gasteiger partial charge in [0.25, 0.3) is 0 Å². The molecule has 3 rings (SSSR count). The summed E-state index contributed by atoms with van der Waals surface area (Å²) in [5, 5.41) is 5.79. The number of aromatic amines is 1. The molecule has 0 unspecified atom stereocenters. The molecule has 0 fully saturated rings. The Morgan fingerprint density at radius 3 is 2.46 bits per heavy atom. The molecule has 2 aromatic carbocycles. The van der Waals surface area contributed by atoms with E-state index in [-0.39, 0.29) is 0 Å². The Morgan fingerprint density at radius 1 is 0.962 bits per heavy atom. The number of nitrogens with one attached hydrogen (secondary N) is 3. The highest BCUT2D eigenvalue weighted by atomic mass is 19.1. The van der Waals surface area contributed by atoms with Gasteiger partial charge < -0.3 is 15.6 Å². The minimum Gasteiger partial charge on any atom is -0.361 e. The van der Waals surface area contributed by atoms with Crippen LogP contribution in [0.2, 0.25) is 0 Å². The molecular weight excluding hydrogens is 340 g/mol. The number of rotatable bonds is 6. The molecule has 0 aliphatic rings. The van der Waals surface area contributed by atoms with Crippen LogP contribution >= 0.6 is 0 Å². The van der Waals surface area contributed by atoms with Crippen LogP contribution in [-0.2, 0) is 16.0 Å². The molecule has 2 amide bonds. The molecule has 3 N–H and O–H groups in total. The van der Waals surface area contributed by atoms with Crippen LogP contribution < -0.4 is 10.6 Å². The normalized spacial score (nSPS) is 10.7. The van der Waals surface area contributed by atoms with E-state index >= 15 is 0 Å². The number of para-hydroxylation sites is 2. The van der Waals surface area contributed by atoms with Crippen LogP contribution in [0.1, 0.15) is 12.0 Å². The van der Waals surface area contributed by atoms with Gasteiger partial charge in [-0.2, -0.15) is 0 Å². The van der Waals surface area contributed by atoms with E-state index < -0.39 is 35.6 Å². The van der Waals surface area contributed by atoms with Crippen molar-refractivity contribution >= 4 is 28.4 Å². The molecule has 3 aromatic rings. The van der Waals surface area contributed by atoms with Crippen molar-refractivity contribution in [2.24, 2.45) is 0 Å². The molecule has 0 saturated carbocycles. The highest BCUT2D eigenvalue weighted by Gasteiger charge is 2.14. The van der Waals surface area contributed by atoms with Gasteiger partial charge in [-0.25, -0.2) is 8.78 Å². The second-order valence-electron chi connectivity index (χ2n) is 5.78. The topological polar surface area (TPSA) is 74.0 Å². The Bertz CT molecular complexity index is 933. The fraction of sp³-hybridized carbons (Fsp3) is 0.158. The van der Waals surface area contributed by atoms with Crippen molar-refractivity contribution in [3.8, 4) is 0 Å². The van der Waals surface area contributed by atoms with E-state index in [0.717, 1.165) is 28.6 Å². The predicted octanol–water partition coefficient (Wildman–Crippen LogP) is 3.13. The summed E-state index contributed by atoms with van der Waals surface area (Å²) in [5.41, 5.74) is 1.52. The Labute approximate surface area is 148 Å². The summed E-state index contributed by atoms with van der Waals surface area (Å²) in [5.74, 6) is -3.08. The van der Waals surface area contributed by atoms with Gasteiger partial charge in [0.15, 0.2) is 0 Å². The third-order valence-electron chi connectivity index (χ3n) is 3.94. The van der Waals surface area contributed by atoms with Gasteiger partial charge in [0.05, 0.1) is 0 Å².